The summed E-state index contributed by atoms with van der Waals surface area (Å²) in [7, 11) is 0. The molecule has 5 heteroatoms. The van der Waals surface area contributed by atoms with Crippen molar-refractivity contribution in [3.05, 3.63) is 58.0 Å². The Morgan fingerprint density at radius 2 is 1.93 bits per heavy atom. The Balaban J connectivity index is 2.18. The zero-order chi connectivity index (χ0) is 10.7. The van der Waals surface area contributed by atoms with Crippen LogP contribution >= 0.6 is 11.6 Å². The molecule has 0 saturated heterocycles. The first-order chi connectivity index (χ1) is 7.24. The molecule has 76 valence electrons. The minimum atomic E-state index is -0.00607. The molecule has 0 aliphatic heterocycles. The van der Waals surface area contributed by atoms with Gasteiger partial charge in [-0.05, 0) is 0 Å². The lowest BCUT2D eigenvalue weighted by Crippen LogP contribution is -2.06. The number of hydrogen-bond acceptors (Lipinski definition) is 3. The Morgan fingerprint density at radius 1 is 1.20 bits per heavy atom. The topological polar surface area (TPSA) is 47.8 Å². The molecular formula is C10H8ClN3O. The van der Waals surface area contributed by atoms with Crippen LogP contribution < -0.4 is 5.43 Å². The van der Waals surface area contributed by atoms with Crippen molar-refractivity contribution < 1.29 is 0 Å². The number of rotatable bonds is 2. The van der Waals surface area contributed by atoms with E-state index in [-0.39, 0.29) is 5.43 Å². The molecule has 0 aliphatic rings. The summed E-state index contributed by atoms with van der Waals surface area (Å²) in [6.07, 6.45) is 6.52. The van der Waals surface area contributed by atoms with E-state index >= 15 is 0 Å². The lowest BCUT2D eigenvalue weighted by atomic mass is 10.4. The van der Waals surface area contributed by atoms with Gasteiger partial charge in [-0.25, -0.2) is 4.98 Å². The highest BCUT2D eigenvalue weighted by molar-refractivity contribution is 6.29. The van der Waals surface area contributed by atoms with Gasteiger partial charge in [0.2, 0.25) is 0 Å². The largest absolute Gasteiger partial charge is 0.348 e. The van der Waals surface area contributed by atoms with Gasteiger partial charge in [-0.3, -0.25) is 9.78 Å². The molecule has 2 aromatic rings. The van der Waals surface area contributed by atoms with E-state index in [1.807, 2.05) is 4.57 Å². The molecule has 0 fully saturated rings. The Kier molecular flexibility index (Phi) is 2.78. The van der Waals surface area contributed by atoms with E-state index in [4.69, 9.17) is 11.6 Å². The molecular weight excluding hydrogens is 214 g/mol. The van der Waals surface area contributed by atoms with Crippen molar-refractivity contribution in [2.75, 3.05) is 0 Å². The van der Waals surface area contributed by atoms with E-state index in [2.05, 4.69) is 9.97 Å². The number of nitrogens with zero attached hydrogens (tertiary/aromatic N) is 3. The summed E-state index contributed by atoms with van der Waals surface area (Å²) in [5.74, 6) is 0. The average molecular weight is 222 g/mol. The fraction of sp³-hybridized carbons (Fsp3) is 0.100. The predicted octanol–water partition coefficient (Wildman–Crippen LogP) is 1.34. The number of pyridine rings is 1. The van der Waals surface area contributed by atoms with Crippen molar-refractivity contribution >= 4 is 11.6 Å². The Hall–Kier alpha value is -1.68. The third kappa shape index (κ3) is 2.63. The zero-order valence-electron chi connectivity index (χ0n) is 7.80. The van der Waals surface area contributed by atoms with Crippen LogP contribution in [0, 0.1) is 0 Å². The van der Waals surface area contributed by atoms with Gasteiger partial charge in [-0.1, -0.05) is 11.6 Å². The average Bonchev–Trinajstić information content (AvgIpc) is 2.25. The molecule has 0 unspecified atom stereocenters. The van der Waals surface area contributed by atoms with Crippen molar-refractivity contribution in [1.29, 1.82) is 0 Å². The second-order valence-corrected chi connectivity index (χ2v) is 3.42. The van der Waals surface area contributed by atoms with Crippen LogP contribution in [0.25, 0.3) is 0 Å². The van der Waals surface area contributed by atoms with E-state index in [1.165, 1.54) is 18.3 Å². The number of aromatic nitrogens is 3. The van der Waals surface area contributed by atoms with Crippen LogP contribution in [0.5, 0.6) is 0 Å². The predicted molar refractivity (Wildman–Crippen MR) is 56.8 cm³/mol. The molecule has 0 N–H and O–H groups in total. The minimum absolute atomic E-state index is 0.00607. The normalized spacial score (nSPS) is 10.2. The van der Waals surface area contributed by atoms with Gasteiger partial charge in [-0.15, -0.1) is 0 Å². The first-order valence-corrected chi connectivity index (χ1v) is 4.74. The maximum absolute atomic E-state index is 10.9. The molecule has 2 rings (SSSR count). The SMILES string of the molecule is O=c1ccn(Cc2cnc(Cl)cn2)cc1. The minimum Gasteiger partial charge on any atom is -0.348 e. The van der Waals surface area contributed by atoms with Crippen molar-refractivity contribution in [1.82, 2.24) is 14.5 Å². The van der Waals surface area contributed by atoms with E-state index in [0.29, 0.717) is 11.7 Å². The van der Waals surface area contributed by atoms with Crippen LogP contribution in [0.4, 0.5) is 0 Å². The smallest absolute Gasteiger partial charge is 0.181 e. The molecule has 0 atom stereocenters. The fourth-order valence-electron chi connectivity index (χ4n) is 1.16. The Morgan fingerprint density at radius 3 is 2.53 bits per heavy atom. The Labute approximate surface area is 91.2 Å². The van der Waals surface area contributed by atoms with E-state index in [9.17, 15) is 4.79 Å². The molecule has 0 saturated carbocycles. The fourth-order valence-corrected chi connectivity index (χ4v) is 1.25. The van der Waals surface area contributed by atoms with Gasteiger partial charge in [0.25, 0.3) is 0 Å². The Bertz CT molecular complexity index is 486. The molecule has 0 radical (unpaired) electrons. The third-order valence-corrected chi connectivity index (χ3v) is 2.07. The highest BCUT2D eigenvalue weighted by Gasteiger charge is 1.96. The molecule has 2 heterocycles. The van der Waals surface area contributed by atoms with Crippen molar-refractivity contribution in [3.8, 4) is 0 Å². The molecule has 15 heavy (non-hydrogen) atoms. The lowest BCUT2D eigenvalue weighted by molar-refractivity contribution is 0.760. The van der Waals surface area contributed by atoms with Crippen LogP contribution in [0.3, 0.4) is 0 Å². The van der Waals surface area contributed by atoms with Gasteiger partial charge < -0.3 is 4.57 Å². The van der Waals surface area contributed by atoms with Crippen LogP contribution in [0.15, 0.2) is 41.7 Å². The van der Waals surface area contributed by atoms with Crippen molar-refractivity contribution in [2.45, 2.75) is 6.54 Å². The van der Waals surface area contributed by atoms with E-state index < -0.39 is 0 Å². The van der Waals surface area contributed by atoms with Crippen LogP contribution in [-0.4, -0.2) is 14.5 Å². The lowest BCUT2D eigenvalue weighted by Gasteiger charge is -2.03. The van der Waals surface area contributed by atoms with Crippen LogP contribution in [0.2, 0.25) is 5.15 Å². The monoisotopic (exact) mass is 221 g/mol. The molecule has 0 aromatic carbocycles. The molecule has 4 nitrogen and oxygen atoms in total. The summed E-state index contributed by atoms with van der Waals surface area (Å²) in [6.45, 7) is 0.574. The van der Waals surface area contributed by atoms with E-state index in [1.54, 1.807) is 18.6 Å². The van der Waals surface area contributed by atoms with Gasteiger partial charge in [0.15, 0.2) is 5.43 Å². The maximum Gasteiger partial charge on any atom is 0.181 e. The highest BCUT2D eigenvalue weighted by atomic mass is 35.5. The van der Waals surface area contributed by atoms with Gasteiger partial charge in [-0.2, -0.15) is 0 Å². The van der Waals surface area contributed by atoms with Gasteiger partial charge in [0.05, 0.1) is 24.6 Å². The quantitative estimate of drug-likeness (QED) is 0.769. The first kappa shape index (κ1) is 9.86. The second kappa shape index (κ2) is 4.23. The summed E-state index contributed by atoms with van der Waals surface area (Å²) in [4.78, 5) is 18.9. The molecule has 0 bridgehead atoms. The first-order valence-electron chi connectivity index (χ1n) is 4.36. The summed E-state index contributed by atoms with van der Waals surface area (Å²) in [6, 6.07) is 3.01. The molecule has 0 aliphatic carbocycles. The van der Waals surface area contributed by atoms with Crippen LogP contribution in [-0.2, 0) is 6.54 Å². The van der Waals surface area contributed by atoms with Crippen molar-refractivity contribution in [2.24, 2.45) is 0 Å². The highest BCUT2D eigenvalue weighted by Crippen LogP contribution is 2.02. The molecule has 0 spiro atoms. The maximum atomic E-state index is 10.9. The van der Waals surface area contributed by atoms with Gasteiger partial charge in [0, 0.05) is 24.5 Å². The number of hydrogen-bond donors (Lipinski definition) is 0. The number of halogens is 1. The standard InChI is InChI=1S/C10H8ClN3O/c11-10-6-12-8(5-13-10)7-14-3-1-9(15)2-4-14/h1-6H,7H2. The van der Waals surface area contributed by atoms with Gasteiger partial charge >= 0.3 is 0 Å². The summed E-state index contributed by atoms with van der Waals surface area (Å²) in [5.41, 5.74) is 0.788. The van der Waals surface area contributed by atoms with E-state index in [0.717, 1.165) is 5.69 Å². The molecule has 0 amide bonds. The summed E-state index contributed by atoms with van der Waals surface area (Å²) >= 11 is 5.61. The third-order valence-electron chi connectivity index (χ3n) is 1.88. The zero-order valence-corrected chi connectivity index (χ0v) is 8.55. The second-order valence-electron chi connectivity index (χ2n) is 3.04. The van der Waals surface area contributed by atoms with Gasteiger partial charge in [0.1, 0.15) is 5.15 Å². The van der Waals surface area contributed by atoms with Crippen LogP contribution in [0.1, 0.15) is 5.69 Å². The summed E-state index contributed by atoms with van der Waals surface area (Å²) in [5, 5.41) is 0.374. The molecule has 2 aromatic heterocycles. The summed E-state index contributed by atoms with van der Waals surface area (Å²) < 4.78 is 1.85. The van der Waals surface area contributed by atoms with Crippen molar-refractivity contribution in [3.63, 3.8) is 0 Å².